The number of hydrazine groups is 1. The summed E-state index contributed by atoms with van der Waals surface area (Å²) in [6.45, 7) is 5.15. The molecule has 0 aliphatic carbocycles. The highest BCUT2D eigenvalue weighted by Crippen LogP contribution is 2.29. The van der Waals surface area contributed by atoms with Crippen LogP contribution >= 0.6 is 11.6 Å². The minimum absolute atomic E-state index is 0.00107. The quantitative estimate of drug-likeness (QED) is 0.728. The summed E-state index contributed by atoms with van der Waals surface area (Å²) in [5.41, 5.74) is 1.15. The van der Waals surface area contributed by atoms with Crippen LogP contribution in [0.3, 0.4) is 0 Å². The fourth-order valence-corrected chi connectivity index (χ4v) is 2.35. The van der Waals surface area contributed by atoms with Crippen LogP contribution in [0.4, 0.5) is 13.2 Å². The van der Waals surface area contributed by atoms with Crippen LogP contribution in [0.1, 0.15) is 47.1 Å². The van der Waals surface area contributed by atoms with Crippen LogP contribution in [0.5, 0.6) is 0 Å². The zero-order chi connectivity index (χ0) is 20.4. The van der Waals surface area contributed by atoms with E-state index < -0.39 is 29.1 Å². The molecule has 0 atom stereocenters. The number of rotatable bonds is 2. The van der Waals surface area contributed by atoms with Crippen LogP contribution in [0, 0.1) is 0 Å². The van der Waals surface area contributed by atoms with E-state index in [-0.39, 0.29) is 5.56 Å². The normalized spacial score (nSPS) is 11.8. The summed E-state index contributed by atoms with van der Waals surface area (Å²) in [7, 11) is 0. The lowest BCUT2D eigenvalue weighted by atomic mass is 10.1. The highest BCUT2D eigenvalue weighted by molar-refractivity contribution is 6.30. The van der Waals surface area contributed by atoms with E-state index in [1.807, 2.05) is 0 Å². The molecular formula is C19H18ClF3N2O2. The van der Waals surface area contributed by atoms with Gasteiger partial charge in [-0.2, -0.15) is 13.2 Å². The van der Waals surface area contributed by atoms with Crippen molar-refractivity contribution >= 4 is 23.4 Å². The number of benzene rings is 2. The Morgan fingerprint density at radius 1 is 0.889 bits per heavy atom. The Morgan fingerprint density at radius 2 is 1.37 bits per heavy atom. The molecule has 0 radical (unpaired) electrons. The van der Waals surface area contributed by atoms with Gasteiger partial charge in [-0.25, -0.2) is 5.01 Å². The molecular weight excluding hydrogens is 381 g/mol. The number of nitrogens with zero attached hydrogens (tertiary/aromatic N) is 1. The van der Waals surface area contributed by atoms with Crippen molar-refractivity contribution in [1.82, 2.24) is 10.4 Å². The largest absolute Gasteiger partial charge is 0.416 e. The molecule has 0 aliphatic heterocycles. The van der Waals surface area contributed by atoms with Crippen LogP contribution in [-0.4, -0.2) is 22.4 Å². The van der Waals surface area contributed by atoms with Crippen molar-refractivity contribution in [3.63, 3.8) is 0 Å². The molecule has 27 heavy (non-hydrogen) atoms. The van der Waals surface area contributed by atoms with Gasteiger partial charge < -0.3 is 0 Å². The van der Waals surface area contributed by atoms with E-state index in [0.717, 1.165) is 29.3 Å². The smallest absolute Gasteiger partial charge is 0.267 e. The molecule has 144 valence electrons. The van der Waals surface area contributed by atoms with Gasteiger partial charge in [-0.1, -0.05) is 11.6 Å². The Labute approximate surface area is 159 Å². The molecule has 0 aromatic heterocycles. The Hall–Kier alpha value is -2.54. The van der Waals surface area contributed by atoms with E-state index in [9.17, 15) is 22.8 Å². The van der Waals surface area contributed by atoms with E-state index in [1.54, 1.807) is 32.9 Å². The van der Waals surface area contributed by atoms with Crippen molar-refractivity contribution in [2.24, 2.45) is 0 Å². The summed E-state index contributed by atoms with van der Waals surface area (Å²) in [6, 6.07) is 9.90. The SMILES string of the molecule is CC(C)(C)N(NC(=O)c1ccc(C(F)(F)F)cc1)C(=O)c1ccc(Cl)cc1. The Kier molecular flexibility index (Phi) is 5.85. The van der Waals surface area contributed by atoms with Gasteiger partial charge in [0.2, 0.25) is 0 Å². The fraction of sp³-hybridized carbons (Fsp3) is 0.263. The van der Waals surface area contributed by atoms with Gasteiger partial charge in [-0.3, -0.25) is 15.0 Å². The minimum Gasteiger partial charge on any atom is -0.267 e. The first-order valence-corrected chi connectivity index (χ1v) is 8.36. The number of halogens is 4. The lowest BCUT2D eigenvalue weighted by molar-refractivity contribution is -0.137. The van der Waals surface area contributed by atoms with Crippen LogP contribution < -0.4 is 5.43 Å². The van der Waals surface area contributed by atoms with E-state index >= 15 is 0 Å². The van der Waals surface area contributed by atoms with Gasteiger partial charge in [0.15, 0.2) is 0 Å². The maximum Gasteiger partial charge on any atom is 0.416 e. The predicted molar refractivity (Wildman–Crippen MR) is 96.3 cm³/mol. The summed E-state index contributed by atoms with van der Waals surface area (Å²) in [4.78, 5) is 25.2. The molecule has 2 aromatic rings. The molecule has 8 heteroatoms. The first-order chi connectivity index (χ1) is 12.4. The highest BCUT2D eigenvalue weighted by Gasteiger charge is 2.32. The second-order valence-corrected chi connectivity index (χ2v) is 7.27. The van der Waals surface area contributed by atoms with Gasteiger partial charge in [0, 0.05) is 16.1 Å². The summed E-state index contributed by atoms with van der Waals surface area (Å²) >= 11 is 5.82. The maximum atomic E-state index is 12.8. The van der Waals surface area contributed by atoms with Gasteiger partial charge in [0.1, 0.15) is 0 Å². The third kappa shape index (κ3) is 5.23. The zero-order valence-corrected chi connectivity index (χ0v) is 15.7. The predicted octanol–water partition coefficient (Wildman–Crippen LogP) is 4.94. The minimum atomic E-state index is -4.49. The Balaban J connectivity index is 2.24. The van der Waals surface area contributed by atoms with Gasteiger partial charge in [0.25, 0.3) is 11.8 Å². The molecule has 0 bridgehead atoms. The van der Waals surface area contributed by atoms with Crippen LogP contribution in [-0.2, 0) is 6.18 Å². The third-order valence-electron chi connectivity index (χ3n) is 3.65. The van der Waals surface area contributed by atoms with Gasteiger partial charge in [0.05, 0.1) is 11.1 Å². The van der Waals surface area contributed by atoms with Gasteiger partial charge >= 0.3 is 6.18 Å². The van der Waals surface area contributed by atoms with Crippen molar-refractivity contribution in [1.29, 1.82) is 0 Å². The number of hydrogen-bond donors (Lipinski definition) is 1. The number of carbonyl (C=O) groups excluding carboxylic acids is 2. The summed E-state index contributed by atoms with van der Waals surface area (Å²) < 4.78 is 37.9. The number of hydrogen-bond acceptors (Lipinski definition) is 2. The fourth-order valence-electron chi connectivity index (χ4n) is 2.22. The molecule has 1 N–H and O–H groups in total. The number of alkyl halides is 3. The summed E-state index contributed by atoms with van der Waals surface area (Å²) in [6.07, 6.45) is -4.49. The Morgan fingerprint density at radius 3 is 1.81 bits per heavy atom. The number of amides is 2. The molecule has 0 aliphatic rings. The lowest BCUT2D eigenvalue weighted by Gasteiger charge is -2.35. The van der Waals surface area contributed by atoms with E-state index in [0.29, 0.717) is 10.6 Å². The molecule has 0 heterocycles. The van der Waals surface area contributed by atoms with E-state index in [1.165, 1.54) is 12.1 Å². The standard InChI is InChI=1S/C19H18ClF3N2O2/c1-18(2,3)25(17(27)13-6-10-15(20)11-7-13)24-16(26)12-4-8-14(9-5-12)19(21,22)23/h4-11H,1-3H3,(H,24,26). The molecule has 0 saturated carbocycles. The Bertz CT molecular complexity index is 826. The summed E-state index contributed by atoms with van der Waals surface area (Å²) in [5.74, 6) is -1.17. The van der Waals surface area contributed by atoms with Crippen molar-refractivity contribution < 1.29 is 22.8 Å². The summed E-state index contributed by atoms with van der Waals surface area (Å²) in [5, 5.41) is 1.60. The van der Waals surface area contributed by atoms with Crippen molar-refractivity contribution in [3.05, 3.63) is 70.2 Å². The van der Waals surface area contributed by atoms with Crippen LogP contribution in [0.15, 0.2) is 48.5 Å². The van der Waals surface area contributed by atoms with Gasteiger partial charge in [-0.15, -0.1) is 0 Å². The second-order valence-electron chi connectivity index (χ2n) is 6.83. The topological polar surface area (TPSA) is 49.4 Å². The van der Waals surface area contributed by atoms with E-state index in [2.05, 4.69) is 5.43 Å². The average Bonchev–Trinajstić information content (AvgIpc) is 2.58. The third-order valence-corrected chi connectivity index (χ3v) is 3.90. The van der Waals surface area contributed by atoms with Crippen molar-refractivity contribution in [2.45, 2.75) is 32.5 Å². The average molecular weight is 399 g/mol. The highest BCUT2D eigenvalue weighted by atomic mass is 35.5. The number of carbonyl (C=O) groups is 2. The molecule has 0 saturated heterocycles. The van der Waals surface area contributed by atoms with Crippen LogP contribution in [0.25, 0.3) is 0 Å². The zero-order valence-electron chi connectivity index (χ0n) is 14.9. The molecule has 0 unspecified atom stereocenters. The van der Waals surface area contributed by atoms with Crippen molar-refractivity contribution in [3.8, 4) is 0 Å². The first-order valence-electron chi connectivity index (χ1n) is 7.98. The second kappa shape index (κ2) is 7.60. The molecule has 0 spiro atoms. The van der Waals surface area contributed by atoms with Gasteiger partial charge in [-0.05, 0) is 69.3 Å². The molecule has 2 rings (SSSR count). The molecule has 4 nitrogen and oxygen atoms in total. The molecule has 0 fully saturated rings. The molecule has 2 aromatic carbocycles. The lowest BCUT2D eigenvalue weighted by Crippen LogP contribution is -2.55. The molecule has 2 amide bonds. The number of nitrogens with one attached hydrogen (secondary N) is 1. The monoisotopic (exact) mass is 398 g/mol. The first kappa shape index (κ1) is 20.8. The van der Waals surface area contributed by atoms with Crippen LogP contribution in [0.2, 0.25) is 5.02 Å². The maximum absolute atomic E-state index is 12.8. The van der Waals surface area contributed by atoms with Crippen molar-refractivity contribution in [2.75, 3.05) is 0 Å². The van der Waals surface area contributed by atoms with E-state index in [4.69, 9.17) is 11.6 Å².